The van der Waals surface area contributed by atoms with Gasteiger partial charge < -0.3 is 10.1 Å². The minimum Gasteiger partial charge on any atom is -0.457 e. The lowest BCUT2D eigenvalue weighted by molar-refractivity contribution is -0.153. The van der Waals surface area contributed by atoms with Gasteiger partial charge >= 0.3 is 6.03 Å². The van der Waals surface area contributed by atoms with Gasteiger partial charge in [-0.05, 0) is 62.4 Å². The number of nitrogens with zero attached hydrogens (tertiary/aromatic N) is 2. The summed E-state index contributed by atoms with van der Waals surface area (Å²) in [6.45, 7) is 2.36. The fraction of sp³-hybridized carbons (Fsp3) is 0.286. The Morgan fingerprint density at radius 2 is 1.67 bits per heavy atom. The molecule has 4 amide bonds. The maximum absolute atomic E-state index is 13.0. The van der Waals surface area contributed by atoms with Crippen LogP contribution >= 0.6 is 11.6 Å². The van der Waals surface area contributed by atoms with Crippen LogP contribution in [0.1, 0.15) is 13.8 Å². The molecule has 176 valence electrons. The highest BCUT2D eigenvalue weighted by Gasteiger charge is 2.48. The normalized spacial score (nSPS) is 16.3. The summed E-state index contributed by atoms with van der Waals surface area (Å²) in [5.74, 6) is -0.483. The third-order valence-corrected chi connectivity index (χ3v) is 6.99. The molecule has 1 fully saturated rings. The molecule has 0 radical (unpaired) electrons. The maximum atomic E-state index is 13.0. The van der Waals surface area contributed by atoms with Crippen molar-refractivity contribution in [1.29, 1.82) is 0 Å². The average Bonchev–Trinajstić information content (AvgIpc) is 2.95. The molecule has 2 N–H and O–H groups in total. The molecule has 0 bridgehead atoms. The predicted molar refractivity (Wildman–Crippen MR) is 118 cm³/mol. The molecule has 12 heteroatoms. The van der Waals surface area contributed by atoms with Crippen molar-refractivity contribution in [3.63, 3.8) is 0 Å². The number of imide groups is 1. The highest BCUT2D eigenvalue weighted by atomic mass is 35.5. The largest absolute Gasteiger partial charge is 0.457 e. The van der Waals surface area contributed by atoms with Crippen LogP contribution in [0.15, 0.2) is 53.4 Å². The number of benzene rings is 2. The first-order valence-electron chi connectivity index (χ1n) is 9.76. The number of hydrogen-bond acceptors (Lipinski definition) is 7. The first-order valence-corrected chi connectivity index (χ1v) is 11.8. The van der Waals surface area contributed by atoms with E-state index in [4.69, 9.17) is 16.3 Å². The van der Waals surface area contributed by atoms with E-state index in [1.54, 1.807) is 24.3 Å². The number of ether oxygens (including phenoxy) is 1. The maximum Gasteiger partial charge on any atom is 0.325 e. The zero-order valence-corrected chi connectivity index (χ0v) is 19.3. The van der Waals surface area contributed by atoms with Gasteiger partial charge in [0, 0.05) is 5.02 Å². The van der Waals surface area contributed by atoms with Crippen LogP contribution in [-0.2, 0) is 19.4 Å². The van der Waals surface area contributed by atoms with E-state index in [-0.39, 0.29) is 16.4 Å². The minimum absolute atomic E-state index is 0.0616. The molecule has 10 nitrogen and oxygen atoms in total. The van der Waals surface area contributed by atoms with Gasteiger partial charge in [-0.2, -0.15) is 0 Å². The van der Waals surface area contributed by atoms with Crippen molar-refractivity contribution in [2.45, 2.75) is 30.3 Å². The van der Waals surface area contributed by atoms with Gasteiger partial charge in [0.2, 0.25) is 6.41 Å². The first-order chi connectivity index (χ1) is 15.4. The van der Waals surface area contributed by atoms with E-state index >= 15 is 0 Å². The first kappa shape index (κ1) is 24.5. The Morgan fingerprint density at radius 3 is 2.15 bits per heavy atom. The summed E-state index contributed by atoms with van der Waals surface area (Å²) >= 11 is 5.84. The molecular weight excluding hydrogens is 474 g/mol. The summed E-state index contributed by atoms with van der Waals surface area (Å²) in [7, 11) is -4.03. The van der Waals surface area contributed by atoms with E-state index < -0.39 is 45.7 Å². The van der Waals surface area contributed by atoms with Gasteiger partial charge in [-0.15, -0.1) is 0 Å². The fourth-order valence-corrected chi connectivity index (χ4v) is 4.91. The Hall–Kier alpha value is -3.15. The smallest absolute Gasteiger partial charge is 0.325 e. The van der Waals surface area contributed by atoms with Crippen LogP contribution in [0.4, 0.5) is 4.79 Å². The van der Waals surface area contributed by atoms with Crippen LogP contribution in [0.5, 0.6) is 11.5 Å². The summed E-state index contributed by atoms with van der Waals surface area (Å²) in [6, 6.07) is 10.0. The van der Waals surface area contributed by atoms with Gasteiger partial charge in [0.05, 0.1) is 23.2 Å². The Kier molecular flexibility index (Phi) is 6.96. The molecule has 1 atom stereocenters. The highest BCUT2D eigenvalue weighted by Crippen LogP contribution is 2.26. The van der Waals surface area contributed by atoms with Crippen molar-refractivity contribution in [2.24, 2.45) is 0 Å². The lowest BCUT2D eigenvalue weighted by Gasteiger charge is -2.27. The molecule has 1 unspecified atom stereocenters. The second-order valence-corrected chi connectivity index (χ2v) is 10.4. The van der Waals surface area contributed by atoms with Gasteiger partial charge in [-0.1, -0.05) is 11.6 Å². The number of halogens is 1. The second-order valence-electron chi connectivity index (χ2n) is 7.92. The molecular formula is C21H22ClN3O7S. The molecule has 2 aromatic rings. The summed E-state index contributed by atoms with van der Waals surface area (Å²) in [4.78, 5) is 36.5. The average molecular weight is 496 g/mol. The molecule has 1 saturated heterocycles. The van der Waals surface area contributed by atoms with Crippen LogP contribution in [0.25, 0.3) is 0 Å². The number of hydroxylamine groups is 2. The van der Waals surface area contributed by atoms with Crippen molar-refractivity contribution in [1.82, 2.24) is 15.3 Å². The molecule has 1 heterocycles. The van der Waals surface area contributed by atoms with Crippen molar-refractivity contribution in [3.05, 3.63) is 53.6 Å². The molecule has 0 spiro atoms. The predicted octanol–water partition coefficient (Wildman–Crippen LogP) is 2.45. The quantitative estimate of drug-likeness (QED) is 0.236. The zero-order chi connectivity index (χ0) is 24.4. The fourth-order valence-electron chi connectivity index (χ4n) is 3.28. The Morgan fingerprint density at radius 1 is 1.12 bits per heavy atom. The van der Waals surface area contributed by atoms with Crippen molar-refractivity contribution < 1.29 is 32.7 Å². The number of sulfone groups is 1. The molecule has 0 aromatic heterocycles. The van der Waals surface area contributed by atoms with E-state index in [1.807, 2.05) is 0 Å². The highest BCUT2D eigenvalue weighted by molar-refractivity contribution is 7.91. The van der Waals surface area contributed by atoms with Crippen molar-refractivity contribution in [3.8, 4) is 11.5 Å². The van der Waals surface area contributed by atoms with Gasteiger partial charge in [0.1, 0.15) is 17.0 Å². The van der Waals surface area contributed by atoms with Gasteiger partial charge in [-0.3, -0.25) is 19.7 Å². The van der Waals surface area contributed by atoms with Crippen LogP contribution in [0.2, 0.25) is 5.02 Å². The molecule has 1 aliphatic heterocycles. The molecule has 33 heavy (non-hydrogen) atoms. The van der Waals surface area contributed by atoms with E-state index in [9.17, 15) is 28.0 Å². The van der Waals surface area contributed by atoms with Crippen molar-refractivity contribution >= 4 is 39.8 Å². The number of carbonyl (C=O) groups excluding carboxylic acids is 3. The SMILES string of the molecule is CC1(C)NC(=O)N(C(CN(O)C=O)CS(=O)(=O)c2ccc(Oc3ccc(Cl)cc3)cc2)C1=O. The Bertz CT molecular complexity index is 1150. The number of amides is 4. The summed E-state index contributed by atoms with van der Waals surface area (Å²) in [5, 5.41) is 12.8. The topological polar surface area (TPSA) is 133 Å². The monoisotopic (exact) mass is 495 g/mol. The summed E-state index contributed by atoms with van der Waals surface area (Å²) < 4.78 is 31.7. The Labute approximate surface area is 195 Å². The van der Waals surface area contributed by atoms with Crippen LogP contribution in [-0.4, -0.2) is 65.8 Å². The van der Waals surface area contributed by atoms with E-state index in [0.29, 0.717) is 16.5 Å². The number of urea groups is 1. The number of hydrogen-bond donors (Lipinski definition) is 2. The van der Waals surface area contributed by atoms with E-state index in [2.05, 4.69) is 5.32 Å². The lowest BCUT2D eigenvalue weighted by atomic mass is 10.1. The van der Waals surface area contributed by atoms with Gasteiger partial charge in [0.15, 0.2) is 9.84 Å². The van der Waals surface area contributed by atoms with Crippen LogP contribution in [0, 0.1) is 0 Å². The molecule has 0 aliphatic carbocycles. The Balaban J connectivity index is 1.81. The van der Waals surface area contributed by atoms with Gasteiger partial charge in [-0.25, -0.2) is 18.3 Å². The van der Waals surface area contributed by atoms with E-state index in [1.165, 1.54) is 38.1 Å². The number of rotatable bonds is 9. The van der Waals surface area contributed by atoms with Crippen molar-refractivity contribution in [2.75, 3.05) is 12.3 Å². The van der Waals surface area contributed by atoms with Crippen LogP contribution < -0.4 is 10.1 Å². The zero-order valence-electron chi connectivity index (χ0n) is 17.8. The molecule has 2 aromatic carbocycles. The standard InChI is InChI=1S/C21H22ClN3O7S/c1-21(2)19(27)25(20(28)23-21)15(11-24(29)13-26)12-33(30,31)18-9-7-17(8-10-18)32-16-5-3-14(22)4-6-16/h3-10,13,15,29H,11-12H2,1-2H3,(H,23,28). The van der Waals surface area contributed by atoms with E-state index in [0.717, 1.165) is 4.90 Å². The summed E-state index contributed by atoms with van der Waals surface area (Å²) in [5.41, 5.74) is -1.25. The lowest BCUT2D eigenvalue weighted by Crippen LogP contribution is -2.50. The third kappa shape index (κ3) is 5.62. The molecule has 1 aliphatic rings. The second kappa shape index (κ2) is 9.38. The summed E-state index contributed by atoms with van der Waals surface area (Å²) in [6.07, 6.45) is 0.0616. The number of nitrogens with one attached hydrogen (secondary N) is 1. The molecule has 3 rings (SSSR count). The van der Waals surface area contributed by atoms with Gasteiger partial charge in [0.25, 0.3) is 5.91 Å². The minimum atomic E-state index is -4.03. The van der Waals surface area contributed by atoms with Crippen LogP contribution in [0.3, 0.4) is 0 Å². The number of carbonyl (C=O) groups is 3. The third-order valence-electron chi connectivity index (χ3n) is 4.92. The molecule has 0 saturated carbocycles.